The molecule has 5 atom stereocenters. The van der Waals surface area contributed by atoms with Gasteiger partial charge in [-0.15, -0.1) is 0 Å². The number of aryl methyl sites for hydroxylation is 2. The lowest BCUT2D eigenvalue weighted by atomic mass is 10.0. The maximum atomic E-state index is 14.7. The van der Waals surface area contributed by atoms with Crippen molar-refractivity contribution in [3.05, 3.63) is 89.0 Å². The average molecular weight is 782 g/mol. The van der Waals surface area contributed by atoms with Gasteiger partial charge in [-0.25, -0.2) is 13.4 Å². The number of hydrogen-bond acceptors (Lipinski definition) is 9. The van der Waals surface area contributed by atoms with Gasteiger partial charge in [0.05, 0.1) is 17.5 Å². The van der Waals surface area contributed by atoms with Crippen molar-refractivity contribution < 1.29 is 32.4 Å². The van der Waals surface area contributed by atoms with Crippen LogP contribution >= 0.6 is 0 Å². The molecule has 5 aliphatic rings. The van der Waals surface area contributed by atoms with Crippen LogP contribution in [0, 0.1) is 19.8 Å². The molecule has 14 nitrogen and oxygen atoms in total. The van der Waals surface area contributed by atoms with Gasteiger partial charge in [0.25, 0.3) is 11.8 Å². The molecule has 3 heterocycles. The highest BCUT2D eigenvalue weighted by molar-refractivity contribution is 7.91. The largest absolute Gasteiger partial charge is 0.390 e. The van der Waals surface area contributed by atoms with E-state index in [4.69, 9.17) is 4.84 Å². The van der Waals surface area contributed by atoms with Crippen LogP contribution in [-0.4, -0.2) is 87.7 Å². The van der Waals surface area contributed by atoms with Gasteiger partial charge in [0.15, 0.2) is 0 Å². The highest BCUT2D eigenvalue weighted by Gasteiger charge is 2.62. The van der Waals surface area contributed by atoms with Crippen molar-refractivity contribution in [1.29, 1.82) is 0 Å². The predicted molar refractivity (Wildman–Crippen MR) is 208 cm³/mol. The number of fused-ring (bicyclic) bond motifs is 5. The van der Waals surface area contributed by atoms with Crippen LogP contribution in [0.15, 0.2) is 65.8 Å². The van der Waals surface area contributed by atoms with E-state index in [0.29, 0.717) is 55.0 Å². The van der Waals surface area contributed by atoms with E-state index >= 15 is 0 Å². The van der Waals surface area contributed by atoms with Crippen molar-refractivity contribution in [3.63, 3.8) is 0 Å². The molecular weight excluding hydrogens is 735 g/mol. The van der Waals surface area contributed by atoms with E-state index < -0.39 is 68.5 Å². The Hall–Kier alpha value is -5.31. The fourth-order valence-corrected chi connectivity index (χ4v) is 9.74. The zero-order valence-electron chi connectivity index (χ0n) is 31.8. The smallest absolute Gasteiger partial charge is 0.270 e. The quantitative estimate of drug-likeness (QED) is 0.188. The maximum Gasteiger partial charge on any atom is 0.270 e. The van der Waals surface area contributed by atoms with Gasteiger partial charge in [-0.3, -0.25) is 23.9 Å². The molecule has 3 aliphatic carbocycles. The Morgan fingerprint density at radius 1 is 0.964 bits per heavy atom. The molecule has 0 radical (unpaired) electrons. The summed E-state index contributed by atoms with van der Waals surface area (Å²) in [6, 6.07) is 13.7. The van der Waals surface area contributed by atoms with Gasteiger partial charge in [-0.05, 0) is 63.5 Å². The van der Waals surface area contributed by atoms with Crippen molar-refractivity contribution in [2.24, 2.45) is 18.1 Å². The van der Waals surface area contributed by atoms with Gasteiger partial charge < -0.3 is 24.9 Å². The summed E-state index contributed by atoms with van der Waals surface area (Å²) in [5.74, 6) is -2.06. The van der Waals surface area contributed by atoms with Crippen LogP contribution in [0.1, 0.15) is 90.9 Å². The Kier molecular flexibility index (Phi) is 9.83. The fraction of sp³-hybridized carbons (Fsp3) is 0.463. The summed E-state index contributed by atoms with van der Waals surface area (Å²) in [6.45, 7) is 3.53. The van der Waals surface area contributed by atoms with Crippen LogP contribution in [0.2, 0.25) is 0 Å². The minimum atomic E-state index is -3.89. The molecule has 3 fully saturated rings. The molecule has 2 aliphatic heterocycles. The third-order valence-electron chi connectivity index (χ3n) is 11.8. The molecule has 0 bridgehead atoms. The van der Waals surface area contributed by atoms with Crippen LogP contribution in [-0.2, 0) is 36.3 Å². The predicted octanol–water partition coefficient (Wildman–Crippen LogP) is 3.56. The molecule has 1 saturated heterocycles. The van der Waals surface area contributed by atoms with E-state index in [0.717, 1.165) is 35.1 Å². The minimum absolute atomic E-state index is 0.00814. The Morgan fingerprint density at radius 2 is 1.64 bits per heavy atom. The van der Waals surface area contributed by atoms with Gasteiger partial charge in [-0.1, -0.05) is 78.7 Å². The van der Waals surface area contributed by atoms with Crippen LogP contribution in [0.3, 0.4) is 0 Å². The van der Waals surface area contributed by atoms with Crippen molar-refractivity contribution >= 4 is 39.4 Å². The lowest BCUT2D eigenvalue weighted by molar-refractivity contribution is -0.141. The highest BCUT2D eigenvalue weighted by atomic mass is 32.2. The first-order valence-electron chi connectivity index (χ1n) is 19.5. The number of nitrogens with zero attached hydrogens (tertiary/aromatic N) is 4. The number of rotatable bonds is 7. The molecule has 1 aromatic heterocycles. The highest BCUT2D eigenvalue weighted by Crippen LogP contribution is 2.46. The molecule has 294 valence electrons. The third-order valence-corrected chi connectivity index (χ3v) is 13.6. The van der Waals surface area contributed by atoms with Crippen molar-refractivity contribution in [2.45, 2.75) is 101 Å². The number of sulfonamides is 1. The van der Waals surface area contributed by atoms with E-state index in [1.807, 2.05) is 60.7 Å². The zero-order valence-corrected chi connectivity index (χ0v) is 32.6. The molecule has 0 spiro atoms. The third kappa shape index (κ3) is 7.01. The van der Waals surface area contributed by atoms with Crippen molar-refractivity contribution in [1.82, 2.24) is 29.8 Å². The first kappa shape index (κ1) is 37.6. The summed E-state index contributed by atoms with van der Waals surface area (Å²) in [4.78, 5) is 68.8. The number of carbonyl (C=O) groups is 4. The number of allylic oxidation sites excluding steroid dienone is 1. The first-order chi connectivity index (χ1) is 26.9. The van der Waals surface area contributed by atoms with Gasteiger partial charge in [0.2, 0.25) is 21.8 Å². The fourth-order valence-electron chi connectivity index (χ4n) is 8.38. The monoisotopic (exact) mass is 781 g/mol. The molecular formula is C41H47N7O7S. The molecule has 8 rings (SSSR count). The number of nitrogens with one attached hydrogen (secondary N) is 3. The van der Waals surface area contributed by atoms with Gasteiger partial charge in [0, 0.05) is 30.5 Å². The summed E-state index contributed by atoms with van der Waals surface area (Å²) < 4.78 is 29.7. The number of benzene rings is 2. The Bertz CT molecular complexity index is 2230. The summed E-state index contributed by atoms with van der Waals surface area (Å²) >= 11 is 0. The second-order valence-electron chi connectivity index (χ2n) is 15.7. The van der Waals surface area contributed by atoms with E-state index in [1.54, 1.807) is 25.5 Å². The topological polar surface area (TPSA) is 181 Å². The summed E-state index contributed by atoms with van der Waals surface area (Å²) in [5.41, 5.74) is 3.88. The van der Waals surface area contributed by atoms with Crippen molar-refractivity contribution in [3.8, 4) is 11.1 Å². The number of amides is 4. The minimum Gasteiger partial charge on any atom is -0.390 e. The first-order valence-corrected chi connectivity index (χ1v) is 21.0. The SMILES string of the molecule is Cc1nc(C)n(C)c1C(=O)N[C@H]1CCCCC/C=C\C2CC2(C(=O)NS(=O)(=O)C2CC2)NC(=O)[C@@H]2C[C@@H](ON=C3c4ccccc4-c4ccccc43)CN2C1=O. The maximum absolute atomic E-state index is 14.7. The van der Waals surface area contributed by atoms with Gasteiger partial charge >= 0.3 is 0 Å². The van der Waals surface area contributed by atoms with E-state index in [-0.39, 0.29) is 19.4 Å². The molecule has 4 amide bonds. The van der Waals surface area contributed by atoms with Crippen LogP contribution in [0.25, 0.3) is 11.1 Å². The molecule has 2 unspecified atom stereocenters. The zero-order chi connectivity index (χ0) is 39.4. The molecule has 3 N–H and O–H groups in total. The van der Waals surface area contributed by atoms with Crippen LogP contribution < -0.4 is 15.4 Å². The van der Waals surface area contributed by atoms with Gasteiger partial charge in [-0.2, -0.15) is 0 Å². The summed E-state index contributed by atoms with van der Waals surface area (Å²) in [6.07, 6.45) is 7.60. The van der Waals surface area contributed by atoms with Crippen molar-refractivity contribution in [2.75, 3.05) is 6.54 Å². The van der Waals surface area contributed by atoms with E-state index in [9.17, 15) is 27.6 Å². The summed E-state index contributed by atoms with van der Waals surface area (Å²) in [7, 11) is -2.15. The lowest BCUT2D eigenvalue weighted by Gasteiger charge is -2.30. The Morgan fingerprint density at radius 3 is 2.29 bits per heavy atom. The second kappa shape index (κ2) is 14.6. The van der Waals surface area contributed by atoms with E-state index in [2.05, 4.69) is 25.5 Å². The standard InChI is InChI=1S/C41H47N7O7S/c1-24-36(47(3)25(2)42-24)38(50)43-33-18-8-6-4-5-7-13-26-22-41(26,40(52)46-56(53,54)28-19-20-28)44-37(49)34-21-27(23-48(34)39(33)51)55-45-35-31-16-11-9-14-29(31)30-15-10-12-17-32(30)35/h7,9-17,26-28,33-34H,4-6,8,18-23H2,1-3H3,(H,43,50)(H,44,49)(H,46,52)/b13-7-/t26?,27-,33+,34+,41?/m1/s1. The van der Waals surface area contributed by atoms with Crippen LogP contribution in [0.5, 0.6) is 0 Å². The molecule has 3 aromatic rings. The lowest BCUT2D eigenvalue weighted by Crippen LogP contribution is -2.58. The summed E-state index contributed by atoms with van der Waals surface area (Å²) in [5, 5.41) is 9.87. The number of aromatic nitrogens is 2. The van der Waals surface area contributed by atoms with Gasteiger partial charge in [0.1, 0.15) is 41.0 Å². The normalized spacial score (nSPS) is 26.7. The Labute approximate surface area is 326 Å². The molecule has 2 aromatic carbocycles. The average Bonchev–Trinajstić information content (AvgIpc) is 4.06. The number of oxime groups is 1. The Balaban J connectivity index is 1.11. The number of carbonyl (C=O) groups excluding carboxylic acids is 4. The molecule has 56 heavy (non-hydrogen) atoms. The van der Waals surface area contributed by atoms with Crippen LogP contribution in [0.4, 0.5) is 0 Å². The molecule has 15 heteroatoms. The number of hydrogen-bond donors (Lipinski definition) is 3. The number of imidazole rings is 1. The molecule has 2 saturated carbocycles. The second-order valence-corrected chi connectivity index (χ2v) is 17.7. The van der Waals surface area contributed by atoms with E-state index in [1.165, 1.54) is 4.90 Å².